The molecule has 0 unspecified atom stereocenters. The average Bonchev–Trinajstić information content (AvgIpc) is 2.74. The SMILES string of the molecule is Cc1cccc(C(=O)Nc2ccc(SCC(=O)Nc3cc([N+](=O)[O-])ccc3C)cc2)c1. The number of carbonyl (C=O) groups excluding carboxylic acids is 2. The normalized spacial score (nSPS) is 10.4. The van der Waals surface area contributed by atoms with Crippen molar-refractivity contribution in [2.45, 2.75) is 18.7 Å². The van der Waals surface area contributed by atoms with Gasteiger partial charge in [0.05, 0.1) is 16.4 Å². The molecule has 0 fully saturated rings. The first-order valence-electron chi connectivity index (χ1n) is 9.47. The quantitative estimate of drug-likeness (QED) is 0.302. The first-order valence-corrected chi connectivity index (χ1v) is 10.5. The van der Waals surface area contributed by atoms with Crippen LogP contribution in [0, 0.1) is 24.0 Å². The van der Waals surface area contributed by atoms with Crippen molar-refractivity contribution < 1.29 is 14.5 Å². The molecule has 3 rings (SSSR count). The zero-order chi connectivity index (χ0) is 22.4. The molecule has 0 aliphatic heterocycles. The van der Waals surface area contributed by atoms with Crippen LogP contribution in [0.2, 0.25) is 0 Å². The second-order valence-corrected chi connectivity index (χ2v) is 7.99. The summed E-state index contributed by atoms with van der Waals surface area (Å²) in [6.45, 7) is 3.70. The molecule has 0 aliphatic carbocycles. The van der Waals surface area contributed by atoms with E-state index in [1.165, 1.54) is 23.9 Å². The molecule has 7 nitrogen and oxygen atoms in total. The summed E-state index contributed by atoms with van der Waals surface area (Å²) in [5.41, 5.74) is 3.36. The molecular weight excluding hydrogens is 414 g/mol. The summed E-state index contributed by atoms with van der Waals surface area (Å²) in [6, 6.07) is 18.9. The number of aryl methyl sites for hydroxylation is 2. The van der Waals surface area contributed by atoms with Gasteiger partial charge in [-0.05, 0) is 55.8 Å². The number of rotatable bonds is 7. The van der Waals surface area contributed by atoms with E-state index in [-0.39, 0.29) is 23.3 Å². The van der Waals surface area contributed by atoms with Gasteiger partial charge in [-0.3, -0.25) is 19.7 Å². The lowest BCUT2D eigenvalue weighted by molar-refractivity contribution is -0.384. The molecule has 0 aliphatic rings. The van der Waals surface area contributed by atoms with Crippen LogP contribution in [0.25, 0.3) is 0 Å². The fraction of sp³-hybridized carbons (Fsp3) is 0.130. The lowest BCUT2D eigenvalue weighted by Gasteiger charge is -2.09. The smallest absolute Gasteiger partial charge is 0.271 e. The van der Waals surface area contributed by atoms with Crippen LogP contribution in [-0.4, -0.2) is 22.5 Å². The monoisotopic (exact) mass is 435 g/mol. The van der Waals surface area contributed by atoms with Gasteiger partial charge in [0.1, 0.15) is 0 Å². The molecule has 0 bridgehead atoms. The minimum absolute atomic E-state index is 0.0724. The van der Waals surface area contributed by atoms with E-state index in [0.29, 0.717) is 16.9 Å². The second-order valence-electron chi connectivity index (χ2n) is 6.94. The van der Waals surface area contributed by atoms with E-state index in [4.69, 9.17) is 0 Å². The van der Waals surface area contributed by atoms with E-state index in [2.05, 4.69) is 10.6 Å². The van der Waals surface area contributed by atoms with Crippen LogP contribution in [0.4, 0.5) is 17.1 Å². The minimum Gasteiger partial charge on any atom is -0.325 e. The molecular formula is C23H21N3O4S. The summed E-state index contributed by atoms with van der Waals surface area (Å²) in [6.07, 6.45) is 0. The van der Waals surface area contributed by atoms with Gasteiger partial charge >= 0.3 is 0 Å². The van der Waals surface area contributed by atoms with E-state index < -0.39 is 4.92 Å². The first-order chi connectivity index (χ1) is 14.8. The highest BCUT2D eigenvalue weighted by atomic mass is 32.2. The van der Waals surface area contributed by atoms with Gasteiger partial charge in [-0.1, -0.05) is 23.8 Å². The summed E-state index contributed by atoms with van der Waals surface area (Å²) < 4.78 is 0. The maximum atomic E-state index is 12.3. The largest absolute Gasteiger partial charge is 0.325 e. The van der Waals surface area contributed by atoms with Gasteiger partial charge in [0.15, 0.2) is 0 Å². The van der Waals surface area contributed by atoms with E-state index in [9.17, 15) is 19.7 Å². The Balaban J connectivity index is 1.54. The van der Waals surface area contributed by atoms with Crippen molar-refractivity contribution in [3.05, 3.63) is 93.5 Å². The Kier molecular flexibility index (Phi) is 7.04. The highest BCUT2D eigenvalue weighted by Gasteiger charge is 2.12. The third-order valence-corrected chi connectivity index (χ3v) is 5.48. The standard InChI is InChI=1S/C23H21N3O4S/c1-15-4-3-5-17(12-15)23(28)24-18-7-10-20(11-8-18)31-14-22(27)25-21-13-19(26(29)30)9-6-16(21)2/h3-13H,14H2,1-2H3,(H,24,28)(H,25,27). The highest BCUT2D eigenvalue weighted by molar-refractivity contribution is 8.00. The van der Waals surface area contributed by atoms with E-state index in [1.54, 1.807) is 31.2 Å². The number of nitrogens with zero attached hydrogens (tertiary/aromatic N) is 1. The summed E-state index contributed by atoms with van der Waals surface area (Å²) in [7, 11) is 0. The zero-order valence-electron chi connectivity index (χ0n) is 17.0. The predicted octanol–water partition coefficient (Wildman–Crippen LogP) is 5.19. The molecule has 158 valence electrons. The molecule has 0 saturated heterocycles. The van der Waals surface area contributed by atoms with Crippen molar-refractivity contribution in [3.8, 4) is 0 Å². The van der Waals surface area contributed by atoms with E-state index in [0.717, 1.165) is 16.0 Å². The molecule has 2 amide bonds. The third-order valence-electron chi connectivity index (χ3n) is 4.47. The number of anilines is 2. The number of nitrogens with one attached hydrogen (secondary N) is 2. The lowest BCUT2D eigenvalue weighted by atomic mass is 10.1. The van der Waals surface area contributed by atoms with Gasteiger partial charge in [-0.2, -0.15) is 0 Å². The van der Waals surface area contributed by atoms with Crippen LogP contribution in [0.15, 0.2) is 71.6 Å². The number of amides is 2. The van der Waals surface area contributed by atoms with Crippen molar-refractivity contribution in [2.75, 3.05) is 16.4 Å². The van der Waals surface area contributed by atoms with Gasteiger partial charge in [-0.25, -0.2) is 0 Å². The number of nitro benzene ring substituents is 1. The van der Waals surface area contributed by atoms with E-state index in [1.807, 2.05) is 37.3 Å². The Morgan fingerprint density at radius 3 is 2.39 bits per heavy atom. The molecule has 0 atom stereocenters. The molecule has 3 aromatic rings. The van der Waals surface area contributed by atoms with Gasteiger partial charge in [0.25, 0.3) is 11.6 Å². The number of nitro groups is 1. The number of thioether (sulfide) groups is 1. The molecule has 0 spiro atoms. The number of hydrogen-bond donors (Lipinski definition) is 2. The molecule has 2 N–H and O–H groups in total. The first kappa shape index (κ1) is 22.0. The highest BCUT2D eigenvalue weighted by Crippen LogP contribution is 2.24. The Bertz CT molecular complexity index is 1130. The zero-order valence-corrected chi connectivity index (χ0v) is 17.9. The Morgan fingerprint density at radius 1 is 0.968 bits per heavy atom. The third kappa shape index (κ3) is 6.16. The van der Waals surface area contributed by atoms with Gasteiger partial charge in [0.2, 0.25) is 5.91 Å². The lowest BCUT2D eigenvalue weighted by Crippen LogP contribution is -2.15. The van der Waals surface area contributed by atoms with Crippen molar-refractivity contribution in [1.82, 2.24) is 0 Å². The van der Waals surface area contributed by atoms with Crippen LogP contribution in [0.1, 0.15) is 21.5 Å². The van der Waals surface area contributed by atoms with Gasteiger partial charge in [0, 0.05) is 28.3 Å². The molecule has 31 heavy (non-hydrogen) atoms. The maximum Gasteiger partial charge on any atom is 0.271 e. The van der Waals surface area contributed by atoms with Crippen LogP contribution in [0.5, 0.6) is 0 Å². The molecule has 0 heterocycles. The van der Waals surface area contributed by atoms with Crippen molar-refractivity contribution in [1.29, 1.82) is 0 Å². The van der Waals surface area contributed by atoms with Crippen LogP contribution >= 0.6 is 11.8 Å². The second kappa shape index (κ2) is 9.90. The average molecular weight is 436 g/mol. The summed E-state index contributed by atoms with van der Waals surface area (Å²) in [4.78, 5) is 35.9. The minimum atomic E-state index is -0.497. The summed E-state index contributed by atoms with van der Waals surface area (Å²) in [5.74, 6) is -0.293. The van der Waals surface area contributed by atoms with Crippen molar-refractivity contribution in [2.24, 2.45) is 0 Å². The van der Waals surface area contributed by atoms with Gasteiger partial charge in [-0.15, -0.1) is 11.8 Å². The molecule has 0 aromatic heterocycles. The number of hydrogen-bond acceptors (Lipinski definition) is 5. The van der Waals surface area contributed by atoms with Crippen LogP contribution in [0.3, 0.4) is 0 Å². The molecule has 3 aromatic carbocycles. The van der Waals surface area contributed by atoms with Gasteiger partial charge < -0.3 is 10.6 Å². The Hall–Kier alpha value is -3.65. The van der Waals surface area contributed by atoms with Crippen molar-refractivity contribution >= 4 is 40.6 Å². The number of carbonyl (C=O) groups is 2. The van der Waals surface area contributed by atoms with Crippen LogP contribution < -0.4 is 10.6 Å². The fourth-order valence-electron chi connectivity index (χ4n) is 2.82. The van der Waals surface area contributed by atoms with Crippen molar-refractivity contribution in [3.63, 3.8) is 0 Å². The number of non-ortho nitro benzene ring substituents is 1. The molecule has 0 radical (unpaired) electrons. The topological polar surface area (TPSA) is 101 Å². The molecule has 0 saturated carbocycles. The van der Waals surface area contributed by atoms with E-state index >= 15 is 0 Å². The Labute approximate surface area is 184 Å². The maximum absolute atomic E-state index is 12.3. The summed E-state index contributed by atoms with van der Waals surface area (Å²) >= 11 is 1.33. The Morgan fingerprint density at radius 2 is 1.71 bits per heavy atom. The fourth-order valence-corrected chi connectivity index (χ4v) is 3.52. The predicted molar refractivity (Wildman–Crippen MR) is 123 cm³/mol. The number of benzene rings is 3. The summed E-state index contributed by atoms with van der Waals surface area (Å²) in [5, 5.41) is 16.5. The molecule has 8 heteroatoms. The van der Waals surface area contributed by atoms with Crippen LogP contribution in [-0.2, 0) is 4.79 Å².